The van der Waals surface area contributed by atoms with E-state index in [1.165, 1.54) is 20.7 Å². The zero-order valence-electron chi connectivity index (χ0n) is 33.7. The van der Waals surface area contributed by atoms with Crippen molar-refractivity contribution in [3.05, 3.63) is 270 Å². The van der Waals surface area contributed by atoms with Crippen LogP contribution in [0.3, 0.4) is 0 Å². The number of para-hydroxylation sites is 4. The van der Waals surface area contributed by atoms with Crippen molar-refractivity contribution in [3.8, 4) is 6.07 Å². The second-order valence-corrected chi connectivity index (χ2v) is 19.5. The minimum Gasteiger partial charge on any atom is -0.319 e. The fourth-order valence-electron chi connectivity index (χ4n) is 10.5. The highest BCUT2D eigenvalue weighted by Crippen LogP contribution is 2.59. The van der Waals surface area contributed by atoms with Gasteiger partial charge in [-0.1, -0.05) is 194 Å². The number of nitriles is 1. The van der Waals surface area contributed by atoms with Crippen LogP contribution in [0.4, 0.5) is 39.8 Å². The first-order valence-corrected chi connectivity index (χ1v) is 22.9. The molecule has 0 amide bonds. The molecule has 0 bridgehead atoms. The number of hydrogen-bond acceptors (Lipinski definition) is 3. The van der Waals surface area contributed by atoms with Crippen molar-refractivity contribution in [3.63, 3.8) is 0 Å². The van der Waals surface area contributed by atoms with Crippen LogP contribution in [0.15, 0.2) is 231 Å². The zero-order valence-corrected chi connectivity index (χ0v) is 34.7. The first kappa shape index (κ1) is 36.8. The van der Waals surface area contributed by atoms with Gasteiger partial charge in [0.25, 0.3) is 0 Å². The lowest BCUT2D eigenvalue weighted by Crippen LogP contribution is -2.77. The molecule has 2 aliphatic rings. The highest BCUT2D eigenvalue weighted by atomic mass is 28.3. The van der Waals surface area contributed by atoms with Crippen molar-refractivity contribution in [1.29, 1.82) is 5.26 Å². The lowest BCUT2D eigenvalue weighted by atomic mass is 9.62. The Kier molecular flexibility index (Phi) is 8.79. The van der Waals surface area contributed by atoms with Crippen LogP contribution in [0.2, 0.25) is 0 Å². The van der Waals surface area contributed by atoms with Crippen LogP contribution < -0.4 is 30.5 Å². The summed E-state index contributed by atoms with van der Waals surface area (Å²) in [5.41, 5.74) is 10.1. The van der Waals surface area contributed by atoms with E-state index in [-0.39, 0.29) is 0 Å². The molecule has 9 aromatic carbocycles. The maximum Gasteiger partial charge on any atom is 0.212 e. The highest BCUT2D eigenvalue weighted by molar-refractivity contribution is 7.21. The normalized spacial score (nSPS) is 14.0. The zero-order chi connectivity index (χ0) is 41.7. The van der Waals surface area contributed by atoms with Crippen LogP contribution >= 0.6 is 0 Å². The summed E-state index contributed by atoms with van der Waals surface area (Å²) in [7, 11) is -2.90. The third-order valence-corrected chi connectivity index (χ3v) is 17.7. The fourth-order valence-corrected chi connectivity index (χ4v) is 15.6. The molecule has 0 atom stereocenters. The second kappa shape index (κ2) is 14.8. The van der Waals surface area contributed by atoms with E-state index in [1.54, 1.807) is 6.07 Å². The Balaban J connectivity index is 1.20. The van der Waals surface area contributed by atoms with E-state index < -0.39 is 13.5 Å². The van der Waals surface area contributed by atoms with Gasteiger partial charge in [-0.05, 0) is 79.4 Å². The Morgan fingerprint density at radius 2 is 0.806 bits per heavy atom. The summed E-state index contributed by atoms with van der Waals surface area (Å²) in [5, 5.41) is 16.1. The van der Waals surface area contributed by atoms with Gasteiger partial charge in [-0.3, -0.25) is 0 Å². The third-order valence-electron chi connectivity index (χ3n) is 12.8. The molecule has 5 heteroatoms. The Morgan fingerprint density at radius 1 is 0.419 bits per heavy atom. The van der Waals surface area contributed by atoms with Gasteiger partial charge in [-0.15, -0.1) is 0 Å². The summed E-state index contributed by atoms with van der Waals surface area (Å²) >= 11 is 0. The minimum absolute atomic E-state index is 0.401. The molecule has 0 saturated carbocycles. The Morgan fingerprint density at radius 3 is 1.26 bits per heavy atom. The molecular formula is C57H38N4Si. The van der Waals surface area contributed by atoms with Crippen LogP contribution in [0, 0.1) is 17.9 Å². The average molecular weight is 807 g/mol. The van der Waals surface area contributed by atoms with Gasteiger partial charge < -0.3 is 9.80 Å². The van der Waals surface area contributed by atoms with Gasteiger partial charge in [-0.2, -0.15) is 5.26 Å². The molecule has 2 aliphatic heterocycles. The first-order valence-electron chi connectivity index (χ1n) is 20.9. The summed E-state index contributed by atoms with van der Waals surface area (Å²) in [6.45, 7) is 8.66. The van der Waals surface area contributed by atoms with Crippen LogP contribution in [0.5, 0.6) is 0 Å². The van der Waals surface area contributed by atoms with Crippen molar-refractivity contribution in [1.82, 2.24) is 0 Å². The van der Waals surface area contributed by atoms with Gasteiger partial charge in [0.05, 0.1) is 35.0 Å². The van der Waals surface area contributed by atoms with E-state index in [9.17, 15) is 5.26 Å². The van der Waals surface area contributed by atoms with E-state index in [2.05, 4.69) is 245 Å². The lowest BCUT2D eigenvalue weighted by Gasteiger charge is -2.47. The summed E-state index contributed by atoms with van der Waals surface area (Å²) in [6, 6.07) is 84.4. The van der Waals surface area contributed by atoms with E-state index in [0.29, 0.717) is 16.9 Å². The standard InChI is InChI=1S/C57H38N4Si/c1-59-48-38-41(40-58)53(61-51-34-18-20-36-55(51)62(44-26-10-4-11-27-44,45-28-12-5-13-29-45)56-37-21-19-35-52(56)61)39-54(48)60-49-32-16-14-30-46(49)57(42-22-6-2-7-23-42,43-24-8-3-9-25-43)47-31-15-17-33-50(47)60/h2-39H. The van der Waals surface area contributed by atoms with Crippen LogP contribution in [0.1, 0.15) is 27.8 Å². The van der Waals surface area contributed by atoms with Gasteiger partial charge >= 0.3 is 0 Å². The molecule has 0 radical (unpaired) electrons. The van der Waals surface area contributed by atoms with Crippen molar-refractivity contribution in [2.75, 3.05) is 9.80 Å². The number of anilines is 6. The SMILES string of the molecule is [C-]#[N+]c1cc(C#N)c(N2c3ccccc3[Si](c3ccccc3)(c3ccccc3)c3ccccc32)cc1N1c2ccccc2C(c2ccccc2)(c2ccccc2)c2ccccc21. The van der Waals surface area contributed by atoms with Gasteiger partial charge in [0, 0.05) is 22.7 Å². The summed E-state index contributed by atoms with van der Waals surface area (Å²) in [5.74, 6) is 0. The lowest BCUT2D eigenvalue weighted by molar-refractivity contribution is 0.731. The molecule has 0 fully saturated rings. The van der Waals surface area contributed by atoms with Gasteiger partial charge in [0.2, 0.25) is 5.69 Å². The number of nitrogens with zero attached hydrogens (tertiary/aromatic N) is 4. The average Bonchev–Trinajstić information content (AvgIpc) is 3.35. The first-order chi connectivity index (χ1) is 30.7. The highest BCUT2D eigenvalue weighted by Gasteiger charge is 2.50. The van der Waals surface area contributed by atoms with E-state index >= 15 is 0 Å². The monoisotopic (exact) mass is 806 g/mol. The minimum atomic E-state index is -2.90. The molecule has 11 rings (SSSR count). The van der Waals surface area contributed by atoms with Crippen molar-refractivity contribution < 1.29 is 0 Å². The molecule has 290 valence electrons. The summed E-state index contributed by atoms with van der Waals surface area (Å²) in [6.07, 6.45) is 0. The molecule has 62 heavy (non-hydrogen) atoms. The van der Waals surface area contributed by atoms with Crippen molar-refractivity contribution in [2.45, 2.75) is 5.41 Å². The maximum atomic E-state index is 11.1. The van der Waals surface area contributed by atoms with E-state index in [0.717, 1.165) is 50.7 Å². The maximum absolute atomic E-state index is 11.1. The van der Waals surface area contributed by atoms with E-state index in [1.807, 2.05) is 0 Å². The topological polar surface area (TPSA) is 34.6 Å². The van der Waals surface area contributed by atoms with Gasteiger partial charge in [-0.25, -0.2) is 4.85 Å². The smallest absolute Gasteiger partial charge is 0.212 e. The van der Waals surface area contributed by atoms with Crippen LogP contribution in [0.25, 0.3) is 4.85 Å². The van der Waals surface area contributed by atoms with Crippen molar-refractivity contribution >= 4 is 68.6 Å². The fraction of sp³-hybridized carbons (Fsp3) is 0.0175. The molecule has 4 nitrogen and oxygen atoms in total. The number of fused-ring (bicyclic) bond motifs is 4. The molecular weight excluding hydrogens is 769 g/mol. The molecule has 2 heterocycles. The Labute approximate surface area is 363 Å². The summed E-state index contributed by atoms with van der Waals surface area (Å²) in [4.78, 5) is 8.70. The largest absolute Gasteiger partial charge is 0.319 e. The van der Waals surface area contributed by atoms with E-state index in [4.69, 9.17) is 6.57 Å². The second-order valence-electron chi connectivity index (χ2n) is 15.8. The third kappa shape index (κ3) is 5.23. The van der Waals surface area contributed by atoms with Crippen LogP contribution in [-0.4, -0.2) is 8.07 Å². The predicted molar refractivity (Wildman–Crippen MR) is 256 cm³/mol. The quantitative estimate of drug-likeness (QED) is 0.124. The number of benzene rings is 9. The molecule has 0 aliphatic carbocycles. The number of hydrogen-bond donors (Lipinski definition) is 0. The van der Waals surface area contributed by atoms with Gasteiger partial charge in [0.15, 0.2) is 8.07 Å². The molecule has 0 aromatic heterocycles. The van der Waals surface area contributed by atoms with Gasteiger partial charge in [0.1, 0.15) is 0 Å². The molecule has 0 unspecified atom stereocenters. The Bertz CT molecular complexity index is 2830. The molecule has 0 saturated heterocycles. The Hall–Kier alpha value is -8.22. The predicted octanol–water partition coefficient (Wildman–Crippen LogP) is 11.4. The number of rotatable bonds is 6. The van der Waals surface area contributed by atoms with Crippen molar-refractivity contribution in [2.24, 2.45) is 0 Å². The molecule has 0 N–H and O–H groups in total. The van der Waals surface area contributed by atoms with Crippen LogP contribution in [-0.2, 0) is 5.41 Å². The summed E-state index contributed by atoms with van der Waals surface area (Å²) < 4.78 is 0. The molecule has 0 spiro atoms. The molecule has 9 aromatic rings.